The summed E-state index contributed by atoms with van der Waals surface area (Å²) in [6.07, 6.45) is 1.73. The van der Waals surface area contributed by atoms with E-state index in [-0.39, 0.29) is 11.2 Å². The van der Waals surface area contributed by atoms with E-state index in [2.05, 4.69) is 85.9 Å². The highest BCUT2D eigenvalue weighted by Crippen LogP contribution is 2.49. The van der Waals surface area contributed by atoms with Crippen molar-refractivity contribution < 1.29 is 4.79 Å². The van der Waals surface area contributed by atoms with Gasteiger partial charge in [-0.3, -0.25) is 4.79 Å². The molecule has 0 unspecified atom stereocenters. The number of rotatable bonds is 5. The summed E-state index contributed by atoms with van der Waals surface area (Å²) in [7, 11) is 0. The molecule has 146 valence electrons. The Hall–Kier alpha value is -2.85. The number of carbonyl (C=O) groups excluding carboxylic acids is 1. The van der Waals surface area contributed by atoms with Gasteiger partial charge in [-0.15, -0.1) is 11.8 Å². The lowest BCUT2D eigenvalue weighted by Gasteiger charge is -2.12. The minimum atomic E-state index is -0.0883. The summed E-state index contributed by atoms with van der Waals surface area (Å²) < 4.78 is 0. The molecule has 29 heavy (non-hydrogen) atoms. The van der Waals surface area contributed by atoms with E-state index in [0.29, 0.717) is 5.75 Å². The van der Waals surface area contributed by atoms with Crippen LogP contribution >= 0.6 is 11.8 Å². The summed E-state index contributed by atoms with van der Waals surface area (Å²) in [5, 5.41) is 4.35. The first-order valence-corrected chi connectivity index (χ1v) is 10.8. The fourth-order valence-electron chi connectivity index (χ4n) is 3.77. The average Bonchev–Trinajstić information content (AvgIpc) is 3.06. The maximum absolute atomic E-state index is 12.4. The van der Waals surface area contributed by atoms with Crippen LogP contribution in [0.25, 0.3) is 11.1 Å². The number of benzene rings is 3. The fourth-order valence-corrected chi connectivity index (χ4v) is 4.92. The van der Waals surface area contributed by atoms with Crippen molar-refractivity contribution in [1.82, 2.24) is 5.43 Å². The number of thioether (sulfide) groups is 1. The van der Waals surface area contributed by atoms with Crippen LogP contribution in [-0.2, 0) is 4.79 Å². The molecule has 0 bridgehead atoms. The Bertz CT molecular complexity index is 1060. The van der Waals surface area contributed by atoms with Crippen LogP contribution in [0.4, 0.5) is 0 Å². The molecule has 0 aliphatic heterocycles. The van der Waals surface area contributed by atoms with E-state index >= 15 is 0 Å². The Morgan fingerprint density at radius 2 is 1.55 bits per heavy atom. The molecule has 3 aromatic carbocycles. The molecule has 0 heterocycles. The van der Waals surface area contributed by atoms with Gasteiger partial charge in [-0.2, -0.15) is 5.10 Å². The number of nitrogens with one attached hydrogen (secondary N) is 1. The molecule has 0 aromatic heterocycles. The third-order valence-electron chi connectivity index (χ3n) is 5.65. The monoisotopic (exact) mass is 400 g/mol. The number of carbonyl (C=O) groups is 1. The molecule has 0 saturated carbocycles. The van der Waals surface area contributed by atoms with Gasteiger partial charge in [0.1, 0.15) is 0 Å². The van der Waals surface area contributed by atoms with Gasteiger partial charge in [0.2, 0.25) is 5.91 Å². The molecule has 3 nitrogen and oxygen atoms in total. The van der Waals surface area contributed by atoms with Crippen molar-refractivity contribution in [2.45, 2.75) is 26.0 Å². The highest BCUT2D eigenvalue weighted by molar-refractivity contribution is 8.00. The predicted molar refractivity (Wildman–Crippen MR) is 123 cm³/mol. The summed E-state index contributed by atoms with van der Waals surface area (Å²) in [5.74, 6) is 0.269. The van der Waals surface area contributed by atoms with Crippen molar-refractivity contribution in [3.63, 3.8) is 0 Å². The van der Waals surface area contributed by atoms with E-state index in [1.165, 1.54) is 38.9 Å². The second-order valence-electron chi connectivity index (χ2n) is 7.38. The van der Waals surface area contributed by atoms with Crippen LogP contribution in [0.1, 0.15) is 38.6 Å². The Balaban J connectivity index is 1.41. The van der Waals surface area contributed by atoms with Crippen molar-refractivity contribution in [3.05, 3.63) is 94.0 Å². The largest absolute Gasteiger partial charge is 0.272 e. The van der Waals surface area contributed by atoms with Gasteiger partial charge in [-0.05, 0) is 65.3 Å². The predicted octanol–water partition coefficient (Wildman–Crippen LogP) is 5.57. The van der Waals surface area contributed by atoms with Crippen LogP contribution in [0, 0.1) is 20.8 Å². The standard InChI is InChI=1S/C25H24N2OS/c1-16-12-13-19(18(3)17(16)2)14-26-27-24(28)15-29-25-22-10-6-4-8-20(22)21-9-5-7-11-23(21)25/h4-14,25H,15H2,1-3H3,(H,27,28)/b26-14-. The van der Waals surface area contributed by atoms with Gasteiger partial charge < -0.3 is 0 Å². The van der Waals surface area contributed by atoms with Crippen LogP contribution in [-0.4, -0.2) is 17.9 Å². The Morgan fingerprint density at radius 1 is 0.931 bits per heavy atom. The first-order chi connectivity index (χ1) is 14.1. The zero-order valence-electron chi connectivity index (χ0n) is 16.9. The number of hydrazone groups is 1. The molecule has 0 fully saturated rings. The van der Waals surface area contributed by atoms with E-state index in [1.54, 1.807) is 18.0 Å². The minimum absolute atomic E-state index is 0.0883. The SMILES string of the molecule is Cc1ccc(/C=N\NC(=O)CSC2c3ccccc3-c3ccccc32)c(C)c1C. The molecule has 0 saturated heterocycles. The highest BCUT2D eigenvalue weighted by atomic mass is 32.2. The van der Waals surface area contributed by atoms with Gasteiger partial charge in [-0.1, -0.05) is 60.7 Å². The summed E-state index contributed by atoms with van der Waals surface area (Å²) in [5.41, 5.74) is 12.5. The number of nitrogens with zero attached hydrogens (tertiary/aromatic N) is 1. The highest BCUT2D eigenvalue weighted by Gasteiger charge is 2.28. The molecule has 0 atom stereocenters. The summed E-state index contributed by atoms with van der Waals surface area (Å²) in [4.78, 5) is 12.4. The molecule has 1 amide bonds. The van der Waals surface area contributed by atoms with Crippen LogP contribution in [0.5, 0.6) is 0 Å². The molecular weight excluding hydrogens is 376 g/mol. The molecule has 3 aromatic rings. The number of hydrogen-bond acceptors (Lipinski definition) is 3. The van der Waals surface area contributed by atoms with E-state index < -0.39 is 0 Å². The lowest BCUT2D eigenvalue weighted by Crippen LogP contribution is -2.20. The zero-order chi connectivity index (χ0) is 20.4. The number of hydrogen-bond donors (Lipinski definition) is 1. The molecule has 4 rings (SSSR count). The molecule has 0 radical (unpaired) electrons. The van der Waals surface area contributed by atoms with Crippen molar-refractivity contribution in [3.8, 4) is 11.1 Å². The van der Waals surface area contributed by atoms with Crippen molar-refractivity contribution in [2.24, 2.45) is 5.10 Å². The van der Waals surface area contributed by atoms with Gasteiger partial charge >= 0.3 is 0 Å². The maximum atomic E-state index is 12.4. The van der Waals surface area contributed by atoms with Crippen LogP contribution in [0.15, 0.2) is 65.8 Å². The molecule has 1 aliphatic carbocycles. The van der Waals surface area contributed by atoms with Gasteiger partial charge in [0.15, 0.2) is 0 Å². The molecular formula is C25H24N2OS. The fraction of sp³-hybridized carbons (Fsp3) is 0.200. The van der Waals surface area contributed by atoms with Gasteiger partial charge in [-0.25, -0.2) is 5.43 Å². The summed E-state index contributed by atoms with van der Waals surface area (Å²) in [6.45, 7) is 6.28. The third-order valence-corrected chi connectivity index (χ3v) is 6.92. The second kappa shape index (κ2) is 8.26. The number of amides is 1. The van der Waals surface area contributed by atoms with E-state index in [9.17, 15) is 4.79 Å². The first kappa shape index (κ1) is 19.5. The molecule has 1 aliphatic rings. The second-order valence-corrected chi connectivity index (χ2v) is 8.47. The van der Waals surface area contributed by atoms with E-state index in [0.717, 1.165) is 5.56 Å². The summed E-state index contributed by atoms with van der Waals surface area (Å²) in [6, 6.07) is 21.0. The lowest BCUT2D eigenvalue weighted by atomic mass is 10.00. The molecule has 1 N–H and O–H groups in total. The molecule has 0 spiro atoms. The van der Waals surface area contributed by atoms with Crippen LogP contribution in [0.2, 0.25) is 0 Å². The Morgan fingerprint density at radius 3 is 2.21 bits per heavy atom. The third kappa shape index (κ3) is 3.85. The normalized spacial score (nSPS) is 12.8. The summed E-state index contributed by atoms with van der Waals surface area (Å²) >= 11 is 1.65. The van der Waals surface area contributed by atoms with Crippen molar-refractivity contribution >= 4 is 23.9 Å². The van der Waals surface area contributed by atoms with E-state index in [4.69, 9.17) is 0 Å². The minimum Gasteiger partial charge on any atom is -0.272 e. The smallest absolute Gasteiger partial charge is 0.250 e. The zero-order valence-corrected chi connectivity index (χ0v) is 17.7. The molecule has 4 heteroatoms. The van der Waals surface area contributed by atoms with Crippen molar-refractivity contribution in [2.75, 3.05) is 5.75 Å². The van der Waals surface area contributed by atoms with Crippen LogP contribution in [0.3, 0.4) is 0 Å². The topological polar surface area (TPSA) is 41.5 Å². The van der Waals surface area contributed by atoms with Gasteiger partial charge in [0, 0.05) is 0 Å². The maximum Gasteiger partial charge on any atom is 0.250 e. The Kier molecular flexibility index (Phi) is 5.54. The van der Waals surface area contributed by atoms with Crippen molar-refractivity contribution in [1.29, 1.82) is 0 Å². The van der Waals surface area contributed by atoms with Crippen LogP contribution < -0.4 is 5.43 Å². The average molecular weight is 401 g/mol. The first-order valence-electron chi connectivity index (χ1n) is 9.75. The quantitative estimate of drug-likeness (QED) is 0.450. The number of fused-ring (bicyclic) bond motifs is 3. The van der Waals surface area contributed by atoms with Gasteiger partial charge in [0.25, 0.3) is 0 Å². The number of aryl methyl sites for hydroxylation is 1. The van der Waals surface area contributed by atoms with Gasteiger partial charge in [0.05, 0.1) is 17.2 Å². The van der Waals surface area contributed by atoms with E-state index in [1.807, 2.05) is 6.07 Å². The Labute approximate surface area is 176 Å². The lowest BCUT2D eigenvalue weighted by molar-refractivity contribution is -0.118.